The average Bonchev–Trinajstić information content (AvgIpc) is 3.37. The Morgan fingerprint density at radius 1 is 1.09 bits per heavy atom. The predicted octanol–water partition coefficient (Wildman–Crippen LogP) is 5.72. The Morgan fingerprint density at radius 2 is 1.79 bits per heavy atom. The zero-order valence-electron chi connectivity index (χ0n) is 17.7. The third kappa shape index (κ3) is 3.70. The van der Waals surface area contributed by atoms with Crippen LogP contribution in [0.2, 0.25) is 5.02 Å². The molecule has 1 atom stereocenters. The highest BCUT2D eigenvalue weighted by Gasteiger charge is 2.48. The monoisotopic (exact) mass is 494 g/mol. The highest BCUT2D eigenvalue weighted by atomic mass is 35.5. The van der Waals surface area contributed by atoms with Gasteiger partial charge in [-0.05, 0) is 60.2 Å². The highest BCUT2D eigenvalue weighted by Crippen LogP contribution is 2.44. The van der Waals surface area contributed by atoms with Crippen LogP contribution in [-0.4, -0.2) is 28.9 Å². The maximum absolute atomic E-state index is 13.7. The number of anilines is 1. The maximum Gasteiger partial charge on any atom is 0.301 e. The lowest BCUT2D eigenvalue weighted by atomic mass is 9.95. The van der Waals surface area contributed by atoms with Gasteiger partial charge < -0.3 is 9.84 Å². The molecule has 170 valence electrons. The molecule has 0 bridgehead atoms. The second-order valence-electron chi connectivity index (χ2n) is 7.56. The van der Waals surface area contributed by atoms with Crippen LogP contribution in [0.15, 0.2) is 72.3 Å². The molecule has 34 heavy (non-hydrogen) atoms. The van der Waals surface area contributed by atoms with Crippen LogP contribution in [0, 0.1) is 5.82 Å². The molecule has 0 radical (unpaired) electrons. The molecule has 1 unspecified atom stereocenters. The molecule has 2 heterocycles. The van der Waals surface area contributed by atoms with Crippen LogP contribution in [0.1, 0.15) is 17.2 Å². The van der Waals surface area contributed by atoms with Crippen molar-refractivity contribution in [2.75, 3.05) is 12.0 Å². The molecule has 1 N–H and O–H groups in total. The quantitative estimate of drug-likeness (QED) is 0.223. The number of hydrogen-bond donors (Lipinski definition) is 1. The summed E-state index contributed by atoms with van der Waals surface area (Å²) in [4.78, 5) is 32.1. The third-order valence-electron chi connectivity index (χ3n) is 5.54. The number of fused-ring (bicyclic) bond motifs is 1. The zero-order chi connectivity index (χ0) is 24.0. The molecular weight excluding hydrogens is 479 g/mol. The Balaban J connectivity index is 1.71. The zero-order valence-corrected chi connectivity index (χ0v) is 19.2. The van der Waals surface area contributed by atoms with E-state index in [9.17, 15) is 19.1 Å². The van der Waals surface area contributed by atoms with Crippen molar-refractivity contribution in [3.8, 4) is 5.75 Å². The van der Waals surface area contributed by atoms with Gasteiger partial charge in [0.2, 0.25) is 0 Å². The minimum absolute atomic E-state index is 0.0806. The number of methoxy groups -OCH3 is 1. The second-order valence-corrected chi connectivity index (χ2v) is 9.00. The summed E-state index contributed by atoms with van der Waals surface area (Å²) in [6.45, 7) is 0. The van der Waals surface area contributed by atoms with Gasteiger partial charge in [0.1, 0.15) is 17.3 Å². The molecule has 1 amide bonds. The number of halogens is 2. The number of aromatic nitrogens is 1. The first-order chi connectivity index (χ1) is 16.4. The highest BCUT2D eigenvalue weighted by molar-refractivity contribution is 7.22. The number of aliphatic hydroxyl groups excluding tert-OH is 1. The number of ether oxygens (including phenoxy) is 1. The standard InChI is InChI=1S/C25H16ClFN2O4S/c1-33-17-9-4-14(5-10-17)22(30)20-21(13-2-6-15(26)7-3-13)29(24(32)23(20)31)25-28-18-11-8-16(27)12-19(18)34-25/h2-12,21,30H,1H3/b22-20+. The van der Waals surface area contributed by atoms with E-state index in [2.05, 4.69) is 4.98 Å². The lowest BCUT2D eigenvalue weighted by molar-refractivity contribution is -0.132. The molecule has 9 heteroatoms. The molecule has 4 aromatic rings. The molecule has 6 nitrogen and oxygen atoms in total. The summed E-state index contributed by atoms with van der Waals surface area (Å²) in [5.74, 6) is -1.87. The van der Waals surface area contributed by atoms with Crippen molar-refractivity contribution in [3.63, 3.8) is 0 Å². The third-order valence-corrected chi connectivity index (χ3v) is 6.81. The van der Waals surface area contributed by atoms with Gasteiger partial charge in [0, 0.05) is 10.6 Å². The number of thiazole rings is 1. The largest absolute Gasteiger partial charge is 0.507 e. The van der Waals surface area contributed by atoms with Crippen LogP contribution in [0.3, 0.4) is 0 Å². The normalized spacial score (nSPS) is 17.5. The van der Waals surface area contributed by atoms with E-state index in [0.717, 1.165) is 11.3 Å². The van der Waals surface area contributed by atoms with Gasteiger partial charge in [-0.3, -0.25) is 14.5 Å². The minimum Gasteiger partial charge on any atom is -0.507 e. The van der Waals surface area contributed by atoms with Crippen LogP contribution < -0.4 is 9.64 Å². The van der Waals surface area contributed by atoms with Gasteiger partial charge in [0.05, 0.1) is 28.9 Å². The SMILES string of the molecule is COc1ccc(/C(O)=C2\C(=O)C(=O)N(c3nc4ccc(F)cc4s3)C2c2ccc(Cl)cc2)cc1. The van der Waals surface area contributed by atoms with Gasteiger partial charge in [-0.15, -0.1) is 0 Å². The molecule has 1 aromatic heterocycles. The summed E-state index contributed by atoms with van der Waals surface area (Å²) < 4.78 is 19.4. The molecular formula is C25H16ClFN2O4S. The van der Waals surface area contributed by atoms with E-state index >= 15 is 0 Å². The topological polar surface area (TPSA) is 79.7 Å². The first kappa shape index (κ1) is 22.1. The van der Waals surface area contributed by atoms with Crippen molar-refractivity contribution in [1.82, 2.24) is 4.98 Å². The van der Waals surface area contributed by atoms with Crippen molar-refractivity contribution >= 4 is 55.7 Å². The fourth-order valence-electron chi connectivity index (χ4n) is 3.88. The van der Waals surface area contributed by atoms with E-state index in [1.54, 1.807) is 48.5 Å². The molecule has 1 aliphatic heterocycles. The van der Waals surface area contributed by atoms with Gasteiger partial charge in [-0.2, -0.15) is 0 Å². The van der Waals surface area contributed by atoms with E-state index < -0.39 is 23.5 Å². The number of carbonyl (C=O) groups is 2. The number of rotatable bonds is 4. The maximum atomic E-state index is 13.7. The van der Waals surface area contributed by atoms with Gasteiger partial charge >= 0.3 is 5.91 Å². The van der Waals surface area contributed by atoms with Gasteiger partial charge in [-0.25, -0.2) is 9.37 Å². The molecule has 1 saturated heterocycles. The fraction of sp³-hybridized carbons (Fsp3) is 0.0800. The number of carbonyl (C=O) groups excluding carboxylic acids is 2. The Bertz CT molecular complexity index is 1460. The number of ketones is 1. The number of nitrogens with zero attached hydrogens (tertiary/aromatic N) is 2. The Kier molecular flexibility index (Phi) is 5.55. The molecule has 1 aliphatic rings. The van der Waals surface area contributed by atoms with E-state index in [1.165, 1.54) is 30.2 Å². The number of benzene rings is 3. The number of Topliss-reactive ketones (excluding diaryl/α,β-unsaturated/α-hetero) is 1. The summed E-state index contributed by atoms with van der Waals surface area (Å²) in [6, 6.07) is 16.3. The van der Waals surface area contributed by atoms with Gasteiger partial charge in [0.15, 0.2) is 5.13 Å². The van der Waals surface area contributed by atoms with Crippen molar-refractivity contribution in [3.05, 3.63) is 94.3 Å². The molecule has 0 aliphatic carbocycles. The summed E-state index contributed by atoms with van der Waals surface area (Å²) in [6.07, 6.45) is 0. The van der Waals surface area contributed by atoms with Crippen molar-refractivity contribution in [1.29, 1.82) is 0 Å². The second kappa shape index (κ2) is 8.55. The van der Waals surface area contributed by atoms with Crippen molar-refractivity contribution in [2.45, 2.75) is 6.04 Å². The summed E-state index contributed by atoms with van der Waals surface area (Å²) in [5.41, 5.74) is 1.32. The Hall–Kier alpha value is -3.75. The first-order valence-electron chi connectivity index (χ1n) is 10.1. The van der Waals surface area contributed by atoms with E-state index in [1.807, 2.05) is 0 Å². The molecule has 0 saturated carbocycles. The number of aliphatic hydroxyl groups is 1. The van der Waals surface area contributed by atoms with Gasteiger partial charge in [0.25, 0.3) is 5.78 Å². The Labute approximate surface area is 202 Å². The van der Waals surface area contributed by atoms with Crippen LogP contribution in [0.5, 0.6) is 5.75 Å². The molecule has 3 aromatic carbocycles. The summed E-state index contributed by atoms with van der Waals surface area (Å²) >= 11 is 7.14. The smallest absolute Gasteiger partial charge is 0.301 e. The minimum atomic E-state index is -0.954. The van der Waals surface area contributed by atoms with E-state index in [4.69, 9.17) is 16.3 Å². The van der Waals surface area contributed by atoms with Crippen LogP contribution in [0.4, 0.5) is 9.52 Å². The summed E-state index contributed by atoms with van der Waals surface area (Å²) in [5, 5.41) is 11.8. The predicted molar refractivity (Wildman–Crippen MR) is 129 cm³/mol. The lowest BCUT2D eigenvalue weighted by Crippen LogP contribution is -2.29. The fourth-order valence-corrected chi connectivity index (χ4v) is 5.03. The van der Waals surface area contributed by atoms with E-state index in [-0.39, 0.29) is 16.5 Å². The van der Waals surface area contributed by atoms with Crippen LogP contribution in [-0.2, 0) is 9.59 Å². The molecule has 1 fully saturated rings. The van der Waals surface area contributed by atoms with E-state index in [0.29, 0.717) is 32.1 Å². The average molecular weight is 495 g/mol. The van der Waals surface area contributed by atoms with Crippen LogP contribution >= 0.6 is 22.9 Å². The lowest BCUT2D eigenvalue weighted by Gasteiger charge is -2.23. The number of amides is 1. The van der Waals surface area contributed by atoms with Crippen molar-refractivity contribution in [2.24, 2.45) is 0 Å². The number of hydrogen-bond acceptors (Lipinski definition) is 6. The molecule has 5 rings (SSSR count). The summed E-state index contributed by atoms with van der Waals surface area (Å²) in [7, 11) is 1.52. The van der Waals surface area contributed by atoms with Crippen LogP contribution in [0.25, 0.3) is 16.0 Å². The van der Waals surface area contributed by atoms with Crippen molar-refractivity contribution < 1.29 is 23.8 Å². The van der Waals surface area contributed by atoms with Gasteiger partial charge in [-0.1, -0.05) is 35.1 Å². The molecule has 0 spiro atoms. The Morgan fingerprint density at radius 3 is 2.47 bits per heavy atom. The first-order valence-corrected chi connectivity index (χ1v) is 11.3.